The van der Waals surface area contributed by atoms with E-state index < -0.39 is 0 Å². The molecule has 1 aliphatic carbocycles. The van der Waals surface area contributed by atoms with E-state index in [2.05, 4.69) is 10.3 Å². The van der Waals surface area contributed by atoms with Crippen molar-refractivity contribution in [1.82, 2.24) is 4.98 Å². The minimum Gasteiger partial charge on any atom is -0.445 e. The van der Waals surface area contributed by atoms with Crippen LogP contribution in [-0.4, -0.2) is 17.4 Å². The molecule has 2 aromatic rings. The van der Waals surface area contributed by atoms with Gasteiger partial charge in [0.2, 0.25) is 11.8 Å². The molecule has 0 aliphatic heterocycles. The van der Waals surface area contributed by atoms with Crippen molar-refractivity contribution in [3.8, 4) is 11.5 Å². The summed E-state index contributed by atoms with van der Waals surface area (Å²) in [5.41, 5.74) is 8.67. The second-order valence-electron chi connectivity index (χ2n) is 6.86. The molecule has 0 bridgehead atoms. The van der Waals surface area contributed by atoms with Crippen molar-refractivity contribution in [2.45, 2.75) is 45.4 Å². The van der Waals surface area contributed by atoms with Gasteiger partial charge >= 0.3 is 0 Å². The summed E-state index contributed by atoms with van der Waals surface area (Å²) in [6.07, 6.45) is 9.35. The molecule has 1 aromatic carbocycles. The maximum atomic E-state index is 12.5. The zero-order valence-corrected chi connectivity index (χ0v) is 15.4. The van der Waals surface area contributed by atoms with E-state index in [0.717, 1.165) is 29.7 Å². The number of rotatable bonds is 5. The number of nitrogens with two attached hydrogens (primary N) is 1. The Balaban J connectivity index is 0.00000225. The van der Waals surface area contributed by atoms with Crippen molar-refractivity contribution in [2.24, 2.45) is 11.1 Å². The van der Waals surface area contributed by atoms with Gasteiger partial charge in [-0.1, -0.05) is 25.3 Å². The van der Waals surface area contributed by atoms with Gasteiger partial charge in [0.25, 0.3) is 0 Å². The van der Waals surface area contributed by atoms with E-state index in [0.29, 0.717) is 18.9 Å². The minimum absolute atomic E-state index is 0. The third kappa shape index (κ3) is 4.61. The summed E-state index contributed by atoms with van der Waals surface area (Å²) in [4.78, 5) is 16.7. The second-order valence-corrected chi connectivity index (χ2v) is 6.86. The predicted octanol–water partition coefficient (Wildman–Crippen LogP) is 4.31. The van der Waals surface area contributed by atoms with E-state index in [1.54, 1.807) is 12.5 Å². The molecule has 1 aromatic heterocycles. The van der Waals surface area contributed by atoms with Crippen LogP contribution in [0.2, 0.25) is 0 Å². The SMILES string of the molecule is Cc1ccc(NC(=O)CC2(CN)CCCCC2)cc1-c1ncco1.Cl. The van der Waals surface area contributed by atoms with Crippen LogP contribution in [0, 0.1) is 12.3 Å². The summed E-state index contributed by atoms with van der Waals surface area (Å²) in [6, 6.07) is 5.79. The molecule has 1 saturated carbocycles. The molecule has 3 rings (SSSR count). The normalized spacial score (nSPS) is 16.1. The molecule has 0 radical (unpaired) electrons. The maximum Gasteiger partial charge on any atom is 0.226 e. The average molecular weight is 364 g/mol. The van der Waals surface area contributed by atoms with Gasteiger partial charge < -0.3 is 15.5 Å². The molecule has 136 valence electrons. The Morgan fingerprint density at radius 1 is 1.32 bits per heavy atom. The molecule has 3 N–H and O–H groups in total. The van der Waals surface area contributed by atoms with E-state index in [9.17, 15) is 4.79 Å². The summed E-state index contributed by atoms with van der Waals surface area (Å²) in [5.74, 6) is 0.596. The van der Waals surface area contributed by atoms with Crippen molar-refractivity contribution < 1.29 is 9.21 Å². The number of nitrogens with zero attached hydrogens (tertiary/aromatic N) is 1. The molecule has 5 nitrogen and oxygen atoms in total. The molecule has 1 amide bonds. The molecule has 25 heavy (non-hydrogen) atoms. The summed E-state index contributed by atoms with van der Waals surface area (Å²) in [6.45, 7) is 2.58. The first kappa shape index (κ1) is 19.5. The van der Waals surface area contributed by atoms with Crippen LogP contribution in [0.25, 0.3) is 11.5 Å². The summed E-state index contributed by atoms with van der Waals surface area (Å²) in [7, 11) is 0. The number of anilines is 1. The van der Waals surface area contributed by atoms with Crippen LogP contribution in [0.15, 0.2) is 35.1 Å². The Morgan fingerprint density at radius 3 is 2.72 bits per heavy atom. The number of aryl methyl sites for hydroxylation is 1. The smallest absolute Gasteiger partial charge is 0.226 e. The lowest BCUT2D eigenvalue weighted by molar-refractivity contribution is -0.118. The zero-order chi connectivity index (χ0) is 17.0. The van der Waals surface area contributed by atoms with Crippen LogP contribution in [0.3, 0.4) is 0 Å². The van der Waals surface area contributed by atoms with Gasteiger partial charge in [-0.05, 0) is 49.4 Å². The Labute approximate surface area is 154 Å². The molecule has 0 atom stereocenters. The molecule has 0 spiro atoms. The first-order valence-electron chi connectivity index (χ1n) is 8.62. The number of hydrogen-bond acceptors (Lipinski definition) is 4. The van der Waals surface area contributed by atoms with Gasteiger partial charge in [0.15, 0.2) is 0 Å². The Hall–Kier alpha value is -1.85. The summed E-state index contributed by atoms with van der Waals surface area (Å²) < 4.78 is 5.37. The average Bonchev–Trinajstić information content (AvgIpc) is 3.11. The van der Waals surface area contributed by atoms with Crippen LogP contribution in [0.4, 0.5) is 5.69 Å². The van der Waals surface area contributed by atoms with Gasteiger partial charge in [0, 0.05) is 17.7 Å². The summed E-state index contributed by atoms with van der Waals surface area (Å²) in [5, 5.41) is 3.01. The number of nitrogens with one attached hydrogen (secondary N) is 1. The lowest BCUT2D eigenvalue weighted by Gasteiger charge is -2.35. The van der Waals surface area contributed by atoms with Gasteiger partial charge in [0.1, 0.15) is 6.26 Å². The van der Waals surface area contributed by atoms with Crippen LogP contribution in [-0.2, 0) is 4.79 Å². The van der Waals surface area contributed by atoms with E-state index in [4.69, 9.17) is 10.2 Å². The molecule has 0 saturated heterocycles. The van der Waals surface area contributed by atoms with Crippen molar-refractivity contribution in [3.63, 3.8) is 0 Å². The molecule has 1 fully saturated rings. The monoisotopic (exact) mass is 363 g/mol. The number of hydrogen-bond donors (Lipinski definition) is 2. The third-order valence-corrected chi connectivity index (χ3v) is 5.07. The Morgan fingerprint density at radius 2 is 2.08 bits per heavy atom. The van der Waals surface area contributed by atoms with Crippen molar-refractivity contribution in [2.75, 3.05) is 11.9 Å². The Kier molecular flexibility index (Phi) is 6.62. The number of carbonyl (C=O) groups is 1. The topological polar surface area (TPSA) is 81.2 Å². The van der Waals surface area contributed by atoms with Crippen LogP contribution < -0.4 is 11.1 Å². The molecular weight excluding hydrogens is 338 g/mol. The van der Waals surface area contributed by atoms with E-state index in [1.165, 1.54) is 19.3 Å². The summed E-state index contributed by atoms with van der Waals surface area (Å²) >= 11 is 0. The fourth-order valence-electron chi connectivity index (χ4n) is 3.59. The van der Waals surface area contributed by atoms with Crippen LogP contribution in [0.5, 0.6) is 0 Å². The quantitative estimate of drug-likeness (QED) is 0.829. The lowest BCUT2D eigenvalue weighted by atomic mass is 9.71. The number of benzene rings is 1. The number of oxazole rings is 1. The van der Waals surface area contributed by atoms with Crippen LogP contribution >= 0.6 is 12.4 Å². The van der Waals surface area contributed by atoms with Crippen molar-refractivity contribution in [3.05, 3.63) is 36.2 Å². The predicted molar refractivity (Wildman–Crippen MR) is 102 cm³/mol. The van der Waals surface area contributed by atoms with Crippen molar-refractivity contribution >= 4 is 24.0 Å². The maximum absolute atomic E-state index is 12.5. The van der Waals surface area contributed by atoms with Crippen LogP contribution in [0.1, 0.15) is 44.1 Å². The van der Waals surface area contributed by atoms with Gasteiger partial charge in [-0.25, -0.2) is 4.98 Å². The first-order chi connectivity index (χ1) is 11.6. The Bertz CT molecular complexity index is 695. The third-order valence-electron chi connectivity index (χ3n) is 5.07. The van der Waals surface area contributed by atoms with Gasteiger partial charge in [-0.2, -0.15) is 0 Å². The number of carbonyl (C=O) groups excluding carboxylic acids is 1. The standard InChI is InChI=1S/C19H25N3O2.ClH/c1-14-5-6-15(11-16(14)18-21-9-10-24-18)22-17(23)12-19(13-20)7-3-2-4-8-19;/h5-6,9-11H,2-4,7-8,12-13,20H2,1H3,(H,22,23);1H. The number of aromatic nitrogens is 1. The molecule has 1 aliphatic rings. The highest BCUT2D eigenvalue weighted by molar-refractivity contribution is 5.92. The lowest BCUT2D eigenvalue weighted by Crippen LogP contribution is -2.36. The van der Waals surface area contributed by atoms with Gasteiger partial charge in [-0.15, -0.1) is 12.4 Å². The molecular formula is C19H26ClN3O2. The fourth-order valence-corrected chi connectivity index (χ4v) is 3.59. The molecule has 1 heterocycles. The largest absolute Gasteiger partial charge is 0.445 e. The fraction of sp³-hybridized carbons (Fsp3) is 0.474. The van der Waals surface area contributed by atoms with Gasteiger partial charge in [0.05, 0.1) is 6.20 Å². The first-order valence-corrected chi connectivity index (χ1v) is 8.62. The van der Waals surface area contributed by atoms with Crippen molar-refractivity contribution in [1.29, 1.82) is 0 Å². The minimum atomic E-state index is -0.0293. The highest BCUT2D eigenvalue weighted by Crippen LogP contribution is 2.38. The van der Waals surface area contributed by atoms with E-state index in [-0.39, 0.29) is 23.7 Å². The van der Waals surface area contributed by atoms with Gasteiger partial charge in [-0.3, -0.25) is 4.79 Å². The second kappa shape index (κ2) is 8.50. The van der Waals surface area contributed by atoms with E-state index in [1.807, 2.05) is 25.1 Å². The zero-order valence-electron chi connectivity index (χ0n) is 14.6. The number of amides is 1. The highest BCUT2D eigenvalue weighted by atomic mass is 35.5. The highest BCUT2D eigenvalue weighted by Gasteiger charge is 2.32. The van der Waals surface area contributed by atoms with E-state index >= 15 is 0 Å². The molecule has 6 heteroatoms. The number of halogens is 1. The molecule has 0 unspecified atom stereocenters.